The van der Waals surface area contributed by atoms with Gasteiger partial charge >= 0.3 is 6.03 Å². The number of fused-ring (bicyclic) bond motifs is 2. The first-order valence-corrected chi connectivity index (χ1v) is 8.12. The number of hydrogen-bond acceptors (Lipinski definition) is 3. The fraction of sp³-hybridized carbons (Fsp3) is 0.667. The number of urea groups is 1. The summed E-state index contributed by atoms with van der Waals surface area (Å²) in [5, 5.41) is 0. The van der Waals surface area contributed by atoms with Crippen LogP contribution in [0.5, 0.6) is 0 Å². The molecule has 2 N–H and O–H groups in total. The van der Waals surface area contributed by atoms with Crippen LogP contribution in [0.2, 0.25) is 0 Å². The number of imidazole rings is 1. The lowest BCUT2D eigenvalue weighted by molar-refractivity contribution is 0.0926. The number of aryl methyl sites for hydroxylation is 2. The number of rotatable bonds is 1. The maximum Gasteiger partial charge on any atom is 0.336 e. The number of carbonyl (C=O) groups is 2. The lowest BCUT2D eigenvalue weighted by Gasteiger charge is -2.27. The van der Waals surface area contributed by atoms with E-state index in [1.807, 2.05) is 4.57 Å². The van der Waals surface area contributed by atoms with Gasteiger partial charge in [-0.3, -0.25) is 10.2 Å². The number of carbonyl (C=O) groups excluding carboxylic acids is 2. The van der Waals surface area contributed by atoms with Gasteiger partial charge in [0.2, 0.25) is 0 Å². The number of nitrogens with zero attached hydrogens (tertiary/aromatic N) is 3. The van der Waals surface area contributed by atoms with E-state index in [1.165, 1.54) is 12.8 Å². The van der Waals surface area contributed by atoms with Crippen LogP contribution in [0.15, 0.2) is 6.20 Å². The number of nitrogens with one attached hydrogen (secondary N) is 2. The zero-order chi connectivity index (χ0) is 15.1. The number of hydrazine groups is 1. The Labute approximate surface area is 129 Å². The normalized spacial score (nSPS) is 25.9. The van der Waals surface area contributed by atoms with Gasteiger partial charge < -0.3 is 9.47 Å². The van der Waals surface area contributed by atoms with Gasteiger partial charge in [-0.15, -0.1) is 0 Å². The molecule has 7 heteroatoms. The average Bonchev–Trinajstić information content (AvgIpc) is 3.06. The number of hydrogen-bond donors (Lipinski definition) is 2. The van der Waals surface area contributed by atoms with Crippen molar-refractivity contribution >= 4 is 11.9 Å². The average molecular weight is 303 g/mol. The predicted molar refractivity (Wildman–Crippen MR) is 78.9 cm³/mol. The highest BCUT2D eigenvalue weighted by atomic mass is 16.2. The first kappa shape index (κ1) is 13.6. The van der Waals surface area contributed by atoms with Crippen LogP contribution in [-0.4, -0.2) is 39.5 Å². The quantitative estimate of drug-likeness (QED) is 0.757. The van der Waals surface area contributed by atoms with Crippen molar-refractivity contribution in [3.05, 3.63) is 17.7 Å². The summed E-state index contributed by atoms with van der Waals surface area (Å²) in [5.41, 5.74) is 5.36. The number of aromatic nitrogens is 2. The minimum absolute atomic E-state index is 0.216. The van der Waals surface area contributed by atoms with E-state index in [1.54, 1.807) is 11.1 Å². The van der Waals surface area contributed by atoms with Crippen LogP contribution < -0.4 is 10.9 Å². The van der Waals surface area contributed by atoms with Gasteiger partial charge in [0.15, 0.2) is 0 Å². The minimum Gasteiger partial charge on any atom is -0.334 e. The fourth-order valence-electron chi connectivity index (χ4n) is 3.70. The first-order valence-electron chi connectivity index (χ1n) is 8.12. The van der Waals surface area contributed by atoms with Crippen molar-refractivity contribution in [3.8, 4) is 0 Å². The molecule has 0 bridgehead atoms. The highest BCUT2D eigenvalue weighted by Gasteiger charge is 2.41. The SMILES string of the molecule is O=C(NNC(=O)N1C[C@H]2CC[C@H]2C1)c1cn2c(n1)CCCC2. The Kier molecular flexibility index (Phi) is 3.28. The van der Waals surface area contributed by atoms with E-state index in [0.29, 0.717) is 17.5 Å². The van der Waals surface area contributed by atoms with Gasteiger partial charge in [-0.2, -0.15) is 0 Å². The van der Waals surface area contributed by atoms with E-state index in [4.69, 9.17) is 0 Å². The summed E-state index contributed by atoms with van der Waals surface area (Å²) in [5.74, 6) is 1.94. The van der Waals surface area contributed by atoms with Crippen LogP contribution in [-0.2, 0) is 13.0 Å². The van der Waals surface area contributed by atoms with E-state index in [-0.39, 0.29) is 11.9 Å². The molecule has 118 valence electrons. The van der Waals surface area contributed by atoms with Crippen LogP contribution in [0.3, 0.4) is 0 Å². The summed E-state index contributed by atoms with van der Waals surface area (Å²) in [7, 11) is 0. The van der Waals surface area contributed by atoms with Crippen molar-refractivity contribution in [3.63, 3.8) is 0 Å². The molecule has 3 heterocycles. The van der Waals surface area contributed by atoms with E-state index < -0.39 is 0 Å². The molecule has 2 fully saturated rings. The highest BCUT2D eigenvalue weighted by molar-refractivity contribution is 5.93. The molecule has 4 rings (SSSR count). The Morgan fingerprint density at radius 1 is 1.14 bits per heavy atom. The number of amides is 3. The maximum absolute atomic E-state index is 12.1. The zero-order valence-electron chi connectivity index (χ0n) is 12.5. The fourth-order valence-corrected chi connectivity index (χ4v) is 3.70. The second-order valence-electron chi connectivity index (χ2n) is 6.58. The predicted octanol–water partition coefficient (Wildman–Crippen LogP) is 0.916. The third kappa shape index (κ3) is 2.34. The highest BCUT2D eigenvalue weighted by Crippen LogP contribution is 2.40. The maximum atomic E-state index is 12.1. The van der Waals surface area contributed by atoms with Crippen molar-refractivity contribution in [1.82, 2.24) is 25.3 Å². The molecule has 22 heavy (non-hydrogen) atoms. The molecule has 0 radical (unpaired) electrons. The number of likely N-dealkylation sites (tertiary alicyclic amines) is 1. The molecule has 1 aliphatic carbocycles. The minimum atomic E-state index is -0.350. The topological polar surface area (TPSA) is 79.3 Å². The Morgan fingerprint density at radius 2 is 1.91 bits per heavy atom. The van der Waals surface area contributed by atoms with Gasteiger partial charge in [0.25, 0.3) is 5.91 Å². The molecule has 1 saturated heterocycles. The van der Waals surface area contributed by atoms with Crippen molar-refractivity contribution in [2.45, 2.75) is 38.6 Å². The third-order valence-electron chi connectivity index (χ3n) is 5.20. The largest absolute Gasteiger partial charge is 0.336 e. The van der Waals surface area contributed by atoms with Gasteiger partial charge in [-0.1, -0.05) is 0 Å². The monoisotopic (exact) mass is 303 g/mol. The van der Waals surface area contributed by atoms with Crippen molar-refractivity contribution < 1.29 is 9.59 Å². The molecule has 3 amide bonds. The molecule has 0 aromatic carbocycles. The summed E-state index contributed by atoms with van der Waals surface area (Å²) in [6, 6.07) is -0.216. The summed E-state index contributed by atoms with van der Waals surface area (Å²) in [6.07, 6.45) is 7.37. The third-order valence-corrected chi connectivity index (χ3v) is 5.20. The second-order valence-corrected chi connectivity index (χ2v) is 6.58. The lowest BCUT2D eigenvalue weighted by Crippen LogP contribution is -2.48. The molecule has 2 atom stereocenters. The summed E-state index contributed by atoms with van der Waals surface area (Å²) in [4.78, 5) is 30.3. The molecule has 1 saturated carbocycles. The van der Waals surface area contributed by atoms with Gasteiger partial charge in [-0.25, -0.2) is 15.2 Å². The standard InChI is InChI=1S/C15H21N5O2/c21-14(12-9-19-6-2-1-3-13(19)16-12)17-18-15(22)20-7-10-4-5-11(10)8-20/h9-11H,1-8H2,(H,17,21)(H,18,22)/t10-,11+. The van der Waals surface area contributed by atoms with Crippen LogP contribution in [0.4, 0.5) is 4.79 Å². The van der Waals surface area contributed by atoms with E-state index >= 15 is 0 Å². The van der Waals surface area contributed by atoms with Crippen LogP contribution in [0, 0.1) is 11.8 Å². The van der Waals surface area contributed by atoms with Crippen LogP contribution >= 0.6 is 0 Å². The van der Waals surface area contributed by atoms with Gasteiger partial charge in [0, 0.05) is 32.3 Å². The lowest BCUT2D eigenvalue weighted by atomic mass is 9.77. The summed E-state index contributed by atoms with van der Waals surface area (Å²) >= 11 is 0. The first-order chi connectivity index (χ1) is 10.7. The molecule has 0 unspecified atom stereocenters. The molecule has 0 spiro atoms. The van der Waals surface area contributed by atoms with E-state index in [9.17, 15) is 9.59 Å². The zero-order valence-corrected chi connectivity index (χ0v) is 12.5. The van der Waals surface area contributed by atoms with Gasteiger partial charge in [0.1, 0.15) is 11.5 Å². The molecule has 3 aliphatic rings. The van der Waals surface area contributed by atoms with Gasteiger partial charge in [0.05, 0.1) is 0 Å². The Bertz CT molecular complexity index is 576. The van der Waals surface area contributed by atoms with Crippen molar-refractivity contribution in [2.75, 3.05) is 13.1 Å². The van der Waals surface area contributed by atoms with E-state index in [0.717, 1.165) is 44.7 Å². The van der Waals surface area contributed by atoms with Crippen molar-refractivity contribution in [1.29, 1.82) is 0 Å². The molecule has 7 nitrogen and oxygen atoms in total. The van der Waals surface area contributed by atoms with Crippen LogP contribution in [0.25, 0.3) is 0 Å². The molecule has 1 aromatic heterocycles. The molecule has 2 aliphatic heterocycles. The smallest absolute Gasteiger partial charge is 0.334 e. The molecular formula is C15H21N5O2. The Morgan fingerprint density at radius 3 is 2.59 bits per heavy atom. The van der Waals surface area contributed by atoms with E-state index in [2.05, 4.69) is 15.8 Å². The van der Waals surface area contributed by atoms with Crippen LogP contribution in [0.1, 0.15) is 42.0 Å². The van der Waals surface area contributed by atoms with Crippen molar-refractivity contribution in [2.24, 2.45) is 11.8 Å². The summed E-state index contributed by atoms with van der Waals surface area (Å²) < 4.78 is 2.03. The second kappa shape index (κ2) is 5.30. The molecule has 1 aromatic rings. The Balaban J connectivity index is 1.32. The summed E-state index contributed by atoms with van der Waals surface area (Å²) in [6.45, 7) is 2.54. The Hall–Kier alpha value is -2.05. The molecular weight excluding hydrogens is 282 g/mol. The van der Waals surface area contributed by atoms with Gasteiger partial charge in [-0.05, 0) is 37.5 Å².